The molecule has 84 valence electrons. The monoisotopic (exact) mass is 284 g/mol. The molecule has 15 heavy (non-hydrogen) atoms. The van der Waals surface area contributed by atoms with Crippen molar-refractivity contribution in [1.29, 1.82) is 0 Å². The van der Waals surface area contributed by atoms with Crippen molar-refractivity contribution in [1.82, 2.24) is 0 Å². The molecule has 1 aromatic carbocycles. The lowest BCUT2D eigenvalue weighted by Gasteiger charge is -2.13. The minimum Gasteiger partial charge on any atom is -0.393 e. The molecule has 0 heterocycles. The molecule has 1 atom stereocenters. The lowest BCUT2D eigenvalue weighted by atomic mass is 10.1. The molecule has 0 aliphatic heterocycles. The molecule has 0 spiro atoms. The molecule has 6 heteroatoms. The van der Waals surface area contributed by atoms with E-state index in [2.05, 4.69) is 15.9 Å². The van der Waals surface area contributed by atoms with Crippen LogP contribution < -0.4 is 0 Å². The third-order valence-electron chi connectivity index (χ3n) is 1.86. The van der Waals surface area contributed by atoms with Gasteiger partial charge in [-0.1, -0.05) is 15.9 Å². The van der Waals surface area contributed by atoms with Gasteiger partial charge in [-0.2, -0.15) is 13.2 Å². The third-order valence-corrected chi connectivity index (χ3v) is 2.58. The number of aliphatic hydroxyl groups excluding tert-OH is 2. The predicted octanol–water partition coefficient (Wildman–Crippen LogP) is 2.49. The van der Waals surface area contributed by atoms with Crippen LogP contribution in [0.3, 0.4) is 0 Å². The van der Waals surface area contributed by atoms with Crippen molar-refractivity contribution < 1.29 is 23.4 Å². The van der Waals surface area contributed by atoms with E-state index in [-0.39, 0.29) is 5.56 Å². The van der Waals surface area contributed by atoms with Crippen molar-refractivity contribution in [2.24, 2.45) is 0 Å². The van der Waals surface area contributed by atoms with Crippen molar-refractivity contribution in [3.8, 4) is 0 Å². The second-order valence-corrected chi connectivity index (χ2v) is 3.79. The minimum atomic E-state index is -4.45. The molecule has 2 nitrogen and oxygen atoms in total. The maximum absolute atomic E-state index is 12.3. The quantitative estimate of drug-likeness (QED) is 0.876. The van der Waals surface area contributed by atoms with Crippen LogP contribution in [0.25, 0.3) is 0 Å². The summed E-state index contributed by atoms with van der Waals surface area (Å²) in [6.07, 6.45) is -5.77. The molecular weight excluding hydrogens is 277 g/mol. The van der Waals surface area contributed by atoms with E-state index in [1.807, 2.05) is 0 Å². The number of halogens is 4. The Balaban J connectivity index is 3.17. The highest BCUT2D eigenvalue weighted by Gasteiger charge is 2.31. The second-order valence-electron chi connectivity index (χ2n) is 2.93. The van der Waals surface area contributed by atoms with Gasteiger partial charge in [0.15, 0.2) is 0 Å². The first-order valence-corrected chi connectivity index (χ1v) is 4.81. The Kier molecular flexibility index (Phi) is 3.75. The number of alkyl halides is 3. The van der Waals surface area contributed by atoms with E-state index < -0.39 is 24.5 Å². The van der Waals surface area contributed by atoms with Crippen LogP contribution >= 0.6 is 15.9 Å². The summed E-state index contributed by atoms with van der Waals surface area (Å²) in [6.45, 7) is -0.625. The summed E-state index contributed by atoms with van der Waals surface area (Å²) in [5.41, 5.74) is -0.833. The van der Waals surface area contributed by atoms with Crippen LogP contribution in [0.15, 0.2) is 22.7 Å². The smallest absolute Gasteiger partial charge is 0.393 e. The first-order chi connectivity index (χ1) is 6.86. The molecule has 0 fully saturated rings. The third kappa shape index (κ3) is 2.93. The van der Waals surface area contributed by atoms with Crippen LogP contribution in [0.5, 0.6) is 0 Å². The Labute approximate surface area is 92.5 Å². The molecule has 0 amide bonds. The number of hydrogen-bond donors (Lipinski definition) is 2. The highest BCUT2D eigenvalue weighted by atomic mass is 79.9. The van der Waals surface area contributed by atoms with Crippen LogP contribution in [0.1, 0.15) is 17.2 Å². The van der Waals surface area contributed by atoms with Gasteiger partial charge < -0.3 is 10.2 Å². The van der Waals surface area contributed by atoms with Gasteiger partial charge >= 0.3 is 6.18 Å². The topological polar surface area (TPSA) is 40.5 Å². The highest BCUT2D eigenvalue weighted by Crippen LogP contribution is 2.33. The van der Waals surface area contributed by atoms with Crippen molar-refractivity contribution in [3.05, 3.63) is 33.8 Å². The molecule has 0 saturated carbocycles. The average molecular weight is 285 g/mol. The summed E-state index contributed by atoms with van der Waals surface area (Å²) in [5.74, 6) is 0. The largest absolute Gasteiger partial charge is 0.416 e. The molecule has 0 aliphatic rings. The van der Waals surface area contributed by atoms with Crippen molar-refractivity contribution in [3.63, 3.8) is 0 Å². The van der Waals surface area contributed by atoms with Gasteiger partial charge in [0.25, 0.3) is 0 Å². The maximum Gasteiger partial charge on any atom is 0.416 e. The zero-order chi connectivity index (χ0) is 11.6. The summed E-state index contributed by atoms with van der Waals surface area (Å²) < 4.78 is 37.3. The molecule has 0 bridgehead atoms. The number of hydrogen-bond acceptors (Lipinski definition) is 2. The van der Waals surface area contributed by atoms with Gasteiger partial charge in [-0.25, -0.2) is 0 Å². The Morgan fingerprint density at radius 2 is 1.93 bits per heavy atom. The summed E-state index contributed by atoms with van der Waals surface area (Å²) in [4.78, 5) is 0. The minimum absolute atomic E-state index is 0.0207. The summed E-state index contributed by atoms with van der Waals surface area (Å²) >= 11 is 3.00. The molecule has 0 radical (unpaired) electrons. The first kappa shape index (κ1) is 12.5. The van der Waals surface area contributed by atoms with E-state index in [1.165, 1.54) is 6.07 Å². The number of aliphatic hydroxyl groups is 2. The molecule has 1 rings (SSSR count). The van der Waals surface area contributed by atoms with Crippen molar-refractivity contribution in [2.75, 3.05) is 6.61 Å². The number of rotatable bonds is 2. The van der Waals surface area contributed by atoms with Crippen LogP contribution in [0.4, 0.5) is 13.2 Å². The lowest BCUT2D eigenvalue weighted by Crippen LogP contribution is -2.09. The van der Waals surface area contributed by atoms with E-state index in [0.29, 0.717) is 4.47 Å². The van der Waals surface area contributed by atoms with E-state index in [4.69, 9.17) is 5.11 Å². The molecule has 0 saturated heterocycles. The van der Waals surface area contributed by atoms with Gasteiger partial charge in [0.05, 0.1) is 12.2 Å². The van der Waals surface area contributed by atoms with Crippen LogP contribution in [-0.4, -0.2) is 16.8 Å². The van der Waals surface area contributed by atoms with Gasteiger partial charge in [0.2, 0.25) is 0 Å². The van der Waals surface area contributed by atoms with Gasteiger partial charge in [-0.05, 0) is 23.8 Å². The molecule has 2 N–H and O–H groups in total. The zero-order valence-corrected chi connectivity index (χ0v) is 9.01. The van der Waals surface area contributed by atoms with Crippen LogP contribution in [0, 0.1) is 0 Å². The Bertz CT molecular complexity index is 352. The second kappa shape index (κ2) is 4.51. The summed E-state index contributed by atoms with van der Waals surface area (Å²) in [5, 5.41) is 17.9. The van der Waals surface area contributed by atoms with E-state index in [0.717, 1.165) is 12.1 Å². The average Bonchev–Trinajstić information content (AvgIpc) is 2.15. The number of benzene rings is 1. The molecular formula is C9H8BrF3O2. The van der Waals surface area contributed by atoms with Crippen molar-refractivity contribution in [2.45, 2.75) is 12.3 Å². The fourth-order valence-corrected chi connectivity index (χ4v) is 1.58. The predicted molar refractivity (Wildman–Crippen MR) is 51.2 cm³/mol. The van der Waals surface area contributed by atoms with E-state index in [9.17, 15) is 18.3 Å². The van der Waals surface area contributed by atoms with Crippen molar-refractivity contribution >= 4 is 15.9 Å². The van der Waals surface area contributed by atoms with Gasteiger partial charge in [0.1, 0.15) is 6.10 Å². The lowest BCUT2D eigenvalue weighted by molar-refractivity contribution is -0.137. The Morgan fingerprint density at radius 1 is 1.33 bits per heavy atom. The van der Waals surface area contributed by atoms with Crippen LogP contribution in [0.2, 0.25) is 0 Å². The molecule has 1 aromatic rings. The SMILES string of the molecule is OCC(O)c1cc(C(F)(F)F)ccc1Br. The normalized spacial score (nSPS) is 14.0. The van der Waals surface area contributed by atoms with Gasteiger partial charge in [-0.15, -0.1) is 0 Å². The summed E-state index contributed by atoms with van der Waals surface area (Å²) in [7, 11) is 0. The first-order valence-electron chi connectivity index (χ1n) is 4.02. The van der Waals surface area contributed by atoms with E-state index in [1.54, 1.807) is 0 Å². The van der Waals surface area contributed by atoms with Crippen LogP contribution in [-0.2, 0) is 6.18 Å². The fourth-order valence-electron chi connectivity index (χ4n) is 1.07. The molecule has 1 unspecified atom stereocenters. The standard InChI is InChI=1S/C9H8BrF3O2/c10-7-2-1-5(9(11,12)13)3-6(7)8(15)4-14/h1-3,8,14-15H,4H2. The van der Waals surface area contributed by atoms with Gasteiger partial charge in [-0.3, -0.25) is 0 Å². The van der Waals surface area contributed by atoms with Gasteiger partial charge in [0, 0.05) is 4.47 Å². The maximum atomic E-state index is 12.3. The summed E-state index contributed by atoms with van der Waals surface area (Å²) in [6, 6.07) is 2.90. The Morgan fingerprint density at radius 3 is 2.40 bits per heavy atom. The van der Waals surface area contributed by atoms with E-state index >= 15 is 0 Å². The highest BCUT2D eigenvalue weighted by molar-refractivity contribution is 9.10. The molecule has 0 aliphatic carbocycles. The molecule has 0 aromatic heterocycles. The fraction of sp³-hybridized carbons (Fsp3) is 0.333. The zero-order valence-electron chi connectivity index (χ0n) is 7.42. The Hall–Kier alpha value is -0.590.